The molecular formula is C37H41Cl2N3O4. The van der Waals surface area contributed by atoms with Gasteiger partial charge < -0.3 is 19.7 Å². The quantitative estimate of drug-likeness (QED) is 0.149. The molecule has 5 rings (SSSR count). The number of unbranched alkanes of at least 4 members (excludes halogenated alkanes) is 1. The summed E-state index contributed by atoms with van der Waals surface area (Å²) in [5.74, 6) is 1.29. The van der Waals surface area contributed by atoms with Crippen LogP contribution in [0.25, 0.3) is 11.3 Å². The molecule has 1 fully saturated rings. The van der Waals surface area contributed by atoms with Gasteiger partial charge in [-0.05, 0) is 98.0 Å². The average Bonchev–Trinajstić information content (AvgIpc) is 3.47. The molecule has 2 N–H and O–H groups in total. The topological polar surface area (TPSA) is 93.5 Å². The van der Waals surface area contributed by atoms with Crippen LogP contribution in [0, 0.1) is 11.8 Å². The van der Waals surface area contributed by atoms with Crippen LogP contribution in [0.1, 0.15) is 85.7 Å². The Kier molecular flexibility index (Phi) is 11.4. The predicted molar refractivity (Wildman–Crippen MR) is 182 cm³/mol. The minimum absolute atomic E-state index is 0.00303. The lowest BCUT2D eigenvalue weighted by atomic mass is 9.82. The second-order valence-corrected chi connectivity index (χ2v) is 13.2. The molecule has 1 aliphatic rings. The Balaban J connectivity index is 1.38. The number of imidazole rings is 1. The average molecular weight is 663 g/mol. The molecule has 242 valence electrons. The molecule has 0 unspecified atom stereocenters. The first-order chi connectivity index (χ1) is 22.2. The lowest BCUT2D eigenvalue weighted by molar-refractivity contribution is -0.127. The van der Waals surface area contributed by atoms with Crippen molar-refractivity contribution < 1.29 is 19.4 Å². The number of amides is 1. The molecule has 1 aromatic heterocycles. The summed E-state index contributed by atoms with van der Waals surface area (Å²) in [6.45, 7) is 5.51. The summed E-state index contributed by atoms with van der Waals surface area (Å²) in [5.41, 5.74) is 3.71. The summed E-state index contributed by atoms with van der Waals surface area (Å²) >= 11 is 12.8. The van der Waals surface area contributed by atoms with Crippen molar-refractivity contribution in [2.24, 2.45) is 11.8 Å². The minimum atomic E-state index is -0.955. The summed E-state index contributed by atoms with van der Waals surface area (Å²) < 4.78 is 8.13. The summed E-state index contributed by atoms with van der Waals surface area (Å²) in [6, 6.07) is 19.6. The van der Waals surface area contributed by atoms with E-state index in [4.69, 9.17) is 38.0 Å². The van der Waals surface area contributed by atoms with E-state index in [1.807, 2.05) is 42.6 Å². The molecule has 7 nitrogen and oxygen atoms in total. The fraction of sp³-hybridized carbons (Fsp3) is 0.378. The zero-order valence-electron chi connectivity index (χ0n) is 26.3. The van der Waals surface area contributed by atoms with E-state index in [-0.39, 0.29) is 23.4 Å². The van der Waals surface area contributed by atoms with Crippen LogP contribution in [0.5, 0.6) is 5.75 Å². The maximum atomic E-state index is 13.7. The van der Waals surface area contributed by atoms with Gasteiger partial charge in [-0.2, -0.15) is 0 Å². The molecule has 0 saturated heterocycles. The molecule has 46 heavy (non-hydrogen) atoms. The van der Waals surface area contributed by atoms with Gasteiger partial charge in [0.05, 0.1) is 22.3 Å². The molecule has 4 aromatic rings. The van der Waals surface area contributed by atoms with Gasteiger partial charge in [0, 0.05) is 29.2 Å². The highest BCUT2D eigenvalue weighted by Gasteiger charge is 2.29. The molecule has 1 saturated carbocycles. The van der Waals surface area contributed by atoms with Gasteiger partial charge in [0.15, 0.2) is 0 Å². The summed E-state index contributed by atoms with van der Waals surface area (Å²) in [4.78, 5) is 29.9. The molecule has 9 heteroatoms. The number of aromatic carboxylic acids is 1. The number of aryl methyl sites for hydroxylation is 1. The number of benzene rings is 3. The third-order valence-corrected chi connectivity index (χ3v) is 9.30. The second kappa shape index (κ2) is 15.7. The molecule has 0 radical (unpaired) electrons. The van der Waals surface area contributed by atoms with E-state index in [1.54, 1.807) is 30.3 Å². The Hall–Kier alpha value is -3.81. The number of ether oxygens (including phenoxy) is 1. The molecule has 0 aliphatic heterocycles. The SMILES string of the molecule is CCCCn1cc(-c2ccc(Cl)cc2Cl)nc1[C@H](Cc1ccc(OCc2ccc(C(=O)O)cc2)cc1)NC(=O)C1CCC(C)CC1. The highest BCUT2D eigenvalue weighted by Crippen LogP contribution is 2.33. The van der Waals surface area contributed by atoms with Crippen molar-refractivity contribution in [3.63, 3.8) is 0 Å². The van der Waals surface area contributed by atoms with Gasteiger partial charge in [0.25, 0.3) is 0 Å². The van der Waals surface area contributed by atoms with Crippen molar-refractivity contribution in [2.45, 2.75) is 78.0 Å². The van der Waals surface area contributed by atoms with Crippen LogP contribution < -0.4 is 10.1 Å². The van der Waals surface area contributed by atoms with E-state index in [1.165, 1.54) is 0 Å². The maximum Gasteiger partial charge on any atom is 0.335 e. The van der Waals surface area contributed by atoms with Gasteiger partial charge in [-0.25, -0.2) is 9.78 Å². The number of carboxylic acids is 1. The number of hydrogen-bond acceptors (Lipinski definition) is 4. The molecule has 1 amide bonds. The van der Waals surface area contributed by atoms with E-state index in [2.05, 4.69) is 23.7 Å². The molecule has 1 heterocycles. The number of carboxylic acid groups (broad SMARTS) is 1. The number of nitrogens with zero attached hydrogens (tertiary/aromatic N) is 2. The van der Waals surface area contributed by atoms with Crippen LogP contribution in [0.15, 0.2) is 72.9 Å². The van der Waals surface area contributed by atoms with Crippen molar-refractivity contribution in [1.82, 2.24) is 14.9 Å². The monoisotopic (exact) mass is 661 g/mol. The summed E-state index contributed by atoms with van der Waals surface area (Å²) in [7, 11) is 0. The minimum Gasteiger partial charge on any atom is -0.489 e. The van der Waals surface area contributed by atoms with Crippen LogP contribution in [0.3, 0.4) is 0 Å². The molecule has 1 atom stereocenters. The van der Waals surface area contributed by atoms with Gasteiger partial charge in [-0.3, -0.25) is 4.79 Å². The van der Waals surface area contributed by atoms with E-state index in [0.29, 0.717) is 34.7 Å². The van der Waals surface area contributed by atoms with Crippen molar-refractivity contribution in [3.8, 4) is 17.0 Å². The third kappa shape index (κ3) is 8.71. The van der Waals surface area contributed by atoms with Crippen LogP contribution in [0.2, 0.25) is 10.0 Å². The van der Waals surface area contributed by atoms with Gasteiger partial charge >= 0.3 is 5.97 Å². The van der Waals surface area contributed by atoms with Gasteiger partial charge in [-0.15, -0.1) is 0 Å². The Morgan fingerprint density at radius 2 is 1.70 bits per heavy atom. The largest absolute Gasteiger partial charge is 0.489 e. The maximum absolute atomic E-state index is 13.7. The van der Waals surface area contributed by atoms with Crippen molar-refractivity contribution >= 4 is 35.1 Å². The van der Waals surface area contributed by atoms with Crippen LogP contribution >= 0.6 is 23.2 Å². The number of nitrogens with one attached hydrogen (secondary N) is 1. The lowest BCUT2D eigenvalue weighted by Gasteiger charge is -2.28. The van der Waals surface area contributed by atoms with Crippen LogP contribution in [-0.2, 0) is 24.4 Å². The standard InChI is InChI=1S/C37H41Cl2N3O4/c1-3-4-19-42-22-34(31-18-15-29(38)21-32(31)39)40-35(42)33(41-36(43)27-11-5-24(2)6-12-27)20-25-9-16-30(17-10-25)46-23-26-7-13-28(14-8-26)37(44)45/h7-10,13-18,21-22,24,27,33H,3-6,11-12,19-20,23H2,1-2H3,(H,41,43)(H,44,45)/t24?,27?,33-/m0/s1. The smallest absolute Gasteiger partial charge is 0.335 e. The van der Waals surface area contributed by atoms with Gasteiger partial charge in [-0.1, -0.05) is 67.7 Å². The second-order valence-electron chi connectivity index (χ2n) is 12.3. The number of hydrogen-bond donors (Lipinski definition) is 2. The Bertz CT molecular complexity index is 1630. The predicted octanol–water partition coefficient (Wildman–Crippen LogP) is 9.16. The highest BCUT2D eigenvalue weighted by atomic mass is 35.5. The molecule has 0 spiro atoms. The van der Waals surface area contributed by atoms with Gasteiger partial charge in [0.2, 0.25) is 5.91 Å². The fourth-order valence-electron chi connectivity index (χ4n) is 5.93. The van der Waals surface area contributed by atoms with Crippen molar-refractivity contribution in [1.29, 1.82) is 0 Å². The van der Waals surface area contributed by atoms with E-state index in [0.717, 1.165) is 73.3 Å². The number of carbonyl (C=O) groups excluding carboxylic acids is 1. The van der Waals surface area contributed by atoms with Crippen LogP contribution in [0.4, 0.5) is 0 Å². The first-order valence-electron chi connectivity index (χ1n) is 16.1. The van der Waals surface area contributed by atoms with Crippen molar-refractivity contribution in [2.75, 3.05) is 0 Å². The molecule has 0 bridgehead atoms. The molecular weight excluding hydrogens is 621 g/mol. The highest BCUT2D eigenvalue weighted by molar-refractivity contribution is 6.36. The van der Waals surface area contributed by atoms with E-state index >= 15 is 0 Å². The van der Waals surface area contributed by atoms with Crippen molar-refractivity contribution in [3.05, 3.63) is 105 Å². The lowest BCUT2D eigenvalue weighted by Crippen LogP contribution is -2.37. The number of halogens is 2. The zero-order chi connectivity index (χ0) is 32.6. The zero-order valence-corrected chi connectivity index (χ0v) is 27.9. The Labute approximate surface area is 280 Å². The van der Waals surface area contributed by atoms with E-state index < -0.39 is 5.97 Å². The molecule has 1 aliphatic carbocycles. The Morgan fingerprint density at radius 1 is 1.00 bits per heavy atom. The number of rotatable bonds is 13. The number of carbonyl (C=O) groups is 2. The summed E-state index contributed by atoms with van der Waals surface area (Å²) in [5, 5.41) is 13.6. The Morgan fingerprint density at radius 3 is 2.35 bits per heavy atom. The fourth-order valence-corrected chi connectivity index (χ4v) is 6.43. The molecule has 3 aromatic carbocycles. The van der Waals surface area contributed by atoms with Crippen LogP contribution in [-0.4, -0.2) is 26.5 Å². The third-order valence-electron chi connectivity index (χ3n) is 8.75. The van der Waals surface area contributed by atoms with E-state index in [9.17, 15) is 9.59 Å². The first-order valence-corrected chi connectivity index (χ1v) is 16.8. The summed E-state index contributed by atoms with van der Waals surface area (Å²) in [6.07, 6.45) is 8.53. The normalized spacial score (nSPS) is 17.0. The number of aromatic nitrogens is 2. The van der Waals surface area contributed by atoms with Gasteiger partial charge in [0.1, 0.15) is 18.2 Å². The first kappa shape index (κ1) is 33.6.